The molecule has 0 spiro atoms. The lowest BCUT2D eigenvalue weighted by Gasteiger charge is -2.37. The molecule has 1 aliphatic rings. The highest BCUT2D eigenvalue weighted by Crippen LogP contribution is 2.27. The Labute approximate surface area is 142 Å². The molecule has 1 saturated heterocycles. The van der Waals surface area contributed by atoms with Gasteiger partial charge < -0.3 is 9.64 Å². The number of esters is 1. The number of ether oxygens (including phenoxy) is 1. The molecule has 1 aliphatic heterocycles. The summed E-state index contributed by atoms with van der Waals surface area (Å²) in [6.07, 6.45) is 5.15. The number of nitrogens with zero attached hydrogens (tertiary/aromatic N) is 5. The molecule has 7 heteroatoms. The van der Waals surface area contributed by atoms with Gasteiger partial charge >= 0.3 is 5.97 Å². The Morgan fingerprint density at radius 3 is 2.88 bits per heavy atom. The van der Waals surface area contributed by atoms with Crippen molar-refractivity contribution in [2.75, 3.05) is 11.4 Å². The molecule has 24 heavy (non-hydrogen) atoms. The van der Waals surface area contributed by atoms with E-state index in [1.165, 1.54) is 6.33 Å². The van der Waals surface area contributed by atoms with Crippen LogP contribution in [0.1, 0.15) is 52.7 Å². The fourth-order valence-corrected chi connectivity index (χ4v) is 3.05. The lowest BCUT2D eigenvalue weighted by Crippen LogP contribution is -2.48. The summed E-state index contributed by atoms with van der Waals surface area (Å²) in [4.78, 5) is 23.5. The first-order valence-electron chi connectivity index (χ1n) is 8.58. The van der Waals surface area contributed by atoms with Crippen molar-refractivity contribution in [3.63, 3.8) is 0 Å². The van der Waals surface area contributed by atoms with Crippen LogP contribution in [-0.2, 0) is 16.0 Å². The average molecular weight is 331 g/mol. The highest BCUT2D eigenvalue weighted by atomic mass is 16.6. The summed E-state index contributed by atoms with van der Waals surface area (Å²) in [5, 5.41) is 4.29. The molecule has 0 N–H and O–H groups in total. The summed E-state index contributed by atoms with van der Waals surface area (Å²) >= 11 is 0. The van der Waals surface area contributed by atoms with Crippen molar-refractivity contribution >= 4 is 17.6 Å². The third-order valence-electron chi connectivity index (χ3n) is 4.12. The smallest absolute Gasteiger partial charge is 0.329 e. The molecule has 2 aromatic rings. The number of rotatable bonds is 3. The van der Waals surface area contributed by atoms with Crippen LogP contribution in [0.3, 0.4) is 0 Å². The molecular weight excluding hydrogens is 306 g/mol. The van der Waals surface area contributed by atoms with Crippen molar-refractivity contribution < 1.29 is 9.53 Å². The zero-order chi connectivity index (χ0) is 17.3. The van der Waals surface area contributed by atoms with Gasteiger partial charge in [0.15, 0.2) is 0 Å². The van der Waals surface area contributed by atoms with Gasteiger partial charge in [0.05, 0.1) is 0 Å². The van der Waals surface area contributed by atoms with Crippen LogP contribution in [0.5, 0.6) is 0 Å². The van der Waals surface area contributed by atoms with Crippen LogP contribution in [0.2, 0.25) is 0 Å². The minimum absolute atomic E-state index is 0.176. The molecule has 130 valence electrons. The molecule has 0 amide bonds. The summed E-state index contributed by atoms with van der Waals surface area (Å²) in [5.74, 6) is 1.26. The lowest BCUT2D eigenvalue weighted by atomic mass is 10.0. The normalized spacial score (nSPS) is 18.8. The largest absolute Gasteiger partial charge is 0.458 e. The number of anilines is 1. The zero-order valence-corrected chi connectivity index (χ0v) is 14.8. The number of carbonyl (C=O) groups is 1. The first-order valence-corrected chi connectivity index (χ1v) is 8.58. The van der Waals surface area contributed by atoms with Crippen LogP contribution in [-0.4, -0.2) is 43.7 Å². The summed E-state index contributed by atoms with van der Waals surface area (Å²) in [5.41, 5.74) is 0.453. The van der Waals surface area contributed by atoms with Crippen molar-refractivity contribution in [2.24, 2.45) is 0 Å². The van der Waals surface area contributed by atoms with E-state index in [4.69, 9.17) is 4.74 Å². The van der Waals surface area contributed by atoms with Gasteiger partial charge in [-0.25, -0.2) is 9.78 Å². The molecule has 1 fully saturated rings. The second kappa shape index (κ2) is 6.37. The second-order valence-corrected chi connectivity index (χ2v) is 7.17. The van der Waals surface area contributed by atoms with Crippen molar-refractivity contribution in [3.05, 3.63) is 18.1 Å². The third-order valence-corrected chi connectivity index (χ3v) is 4.12. The van der Waals surface area contributed by atoms with Crippen LogP contribution in [0.15, 0.2) is 12.4 Å². The standard InChI is InChI=1S/C17H25N5O2/c1-5-12-10-14(22-16(20-12)18-11-19-22)21-9-7-6-8-13(21)15(23)24-17(2,3)4/h10-11,13H,5-9H2,1-4H3. The number of aromatic nitrogens is 4. The molecule has 0 aliphatic carbocycles. The van der Waals surface area contributed by atoms with Crippen LogP contribution < -0.4 is 4.90 Å². The molecule has 7 nitrogen and oxygen atoms in total. The van der Waals surface area contributed by atoms with Crippen LogP contribution in [0.25, 0.3) is 5.78 Å². The minimum atomic E-state index is -0.490. The predicted molar refractivity (Wildman–Crippen MR) is 91.0 cm³/mol. The van der Waals surface area contributed by atoms with Crippen LogP contribution >= 0.6 is 0 Å². The minimum Gasteiger partial charge on any atom is -0.458 e. The van der Waals surface area contributed by atoms with Gasteiger partial charge in [0.25, 0.3) is 5.78 Å². The van der Waals surface area contributed by atoms with Crippen molar-refractivity contribution in [1.82, 2.24) is 19.6 Å². The molecule has 1 atom stereocenters. The van der Waals surface area contributed by atoms with Gasteiger partial charge in [0, 0.05) is 18.3 Å². The van der Waals surface area contributed by atoms with E-state index in [2.05, 4.69) is 26.9 Å². The topological polar surface area (TPSA) is 72.6 Å². The van der Waals surface area contributed by atoms with E-state index in [1.54, 1.807) is 4.52 Å². The van der Waals surface area contributed by atoms with Gasteiger partial charge in [-0.2, -0.15) is 14.6 Å². The second-order valence-electron chi connectivity index (χ2n) is 7.17. The first-order chi connectivity index (χ1) is 11.4. The van der Waals surface area contributed by atoms with E-state index < -0.39 is 5.60 Å². The van der Waals surface area contributed by atoms with Crippen LogP contribution in [0, 0.1) is 0 Å². The maximum Gasteiger partial charge on any atom is 0.329 e. The Bertz CT molecular complexity index is 734. The van der Waals surface area contributed by atoms with Gasteiger partial charge in [0.1, 0.15) is 23.8 Å². The molecule has 0 radical (unpaired) electrons. The highest BCUT2D eigenvalue weighted by Gasteiger charge is 2.34. The Balaban J connectivity index is 1.99. The molecule has 0 saturated carbocycles. The van der Waals surface area contributed by atoms with Gasteiger partial charge in [-0.1, -0.05) is 6.92 Å². The Morgan fingerprint density at radius 1 is 1.38 bits per heavy atom. The van der Waals surface area contributed by atoms with Gasteiger partial charge in [-0.3, -0.25) is 0 Å². The van der Waals surface area contributed by atoms with E-state index >= 15 is 0 Å². The molecular formula is C17H25N5O2. The van der Waals surface area contributed by atoms with Gasteiger partial charge in [-0.15, -0.1) is 0 Å². The van der Waals surface area contributed by atoms with E-state index in [9.17, 15) is 4.79 Å². The van der Waals surface area contributed by atoms with E-state index in [-0.39, 0.29) is 12.0 Å². The molecule has 3 rings (SSSR count). The van der Waals surface area contributed by atoms with Crippen LogP contribution in [0.4, 0.5) is 5.82 Å². The van der Waals surface area contributed by atoms with Crippen molar-refractivity contribution in [2.45, 2.75) is 65.0 Å². The molecule has 0 bridgehead atoms. The number of hydrogen-bond donors (Lipinski definition) is 0. The number of hydrogen-bond acceptors (Lipinski definition) is 6. The zero-order valence-electron chi connectivity index (χ0n) is 14.8. The average Bonchev–Trinajstić information content (AvgIpc) is 3.00. The fraction of sp³-hybridized carbons (Fsp3) is 0.647. The molecule has 3 heterocycles. The summed E-state index contributed by atoms with van der Waals surface area (Å²) in [6, 6.07) is 1.71. The first kappa shape index (κ1) is 16.7. The van der Waals surface area contributed by atoms with Crippen molar-refractivity contribution in [1.29, 1.82) is 0 Å². The van der Waals surface area contributed by atoms with Gasteiger partial charge in [0.2, 0.25) is 0 Å². The number of fused-ring (bicyclic) bond motifs is 1. The number of carbonyl (C=O) groups excluding carboxylic acids is 1. The quantitative estimate of drug-likeness (QED) is 0.804. The van der Waals surface area contributed by atoms with E-state index in [0.29, 0.717) is 5.78 Å². The Kier molecular flexibility index (Phi) is 4.43. The Hall–Kier alpha value is -2.18. The maximum absolute atomic E-state index is 12.7. The maximum atomic E-state index is 12.7. The van der Waals surface area contributed by atoms with E-state index in [0.717, 1.165) is 43.7 Å². The third kappa shape index (κ3) is 3.34. The Morgan fingerprint density at radius 2 is 2.17 bits per heavy atom. The molecule has 1 unspecified atom stereocenters. The highest BCUT2D eigenvalue weighted by molar-refractivity contribution is 5.80. The lowest BCUT2D eigenvalue weighted by molar-refractivity contribution is -0.157. The van der Waals surface area contributed by atoms with Gasteiger partial charge in [-0.05, 0) is 46.5 Å². The number of aryl methyl sites for hydroxylation is 1. The molecule has 0 aromatic carbocycles. The fourth-order valence-electron chi connectivity index (χ4n) is 3.05. The SMILES string of the molecule is CCc1cc(N2CCCCC2C(=O)OC(C)(C)C)n2ncnc2n1. The van der Waals surface area contributed by atoms with E-state index in [1.807, 2.05) is 26.8 Å². The number of piperidine rings is 1. The summed E-state index contributed by atoms with van der Waals surface area (Å²) < 4.78 is 7.35. The molecule has 2 aromatic heterocycles. The monoisotopic (exact) mass is 331 g/mol. The van der Waals surface area contributed by atoms with Crippen molar-refractivity contribution in [3.8, 4) is 0 Å². The summed E-state index contributed by atoms with van der Waals surface area (Å²) in [7, 11) is 0. The summed E-state index contributed by atoms with van der Waals surface area (Å²) in [6.45, 7) is 8.55. The predicted octanol–water partition coefficient (Wildman–Crippen LogP) is 2.39.